The van der Waals surface area contributed by atoms with Gasteiger partial charge in [-0.05, 0) is 29.8 Å². The van der Waals surface area contributed by atoms with Crippen molar-refractivity contribution in [2.75, 3.05) is 19.2 Å². The second-order valence-corrected chi connectivity index (χ2v) is 6.89. The first-order valence-corrected chi connectivity index (χ1v) is 9.25. The quantitative estimate of drug-likeness (QED) is 0.722. The lowest BCUT2D eigenvalue weighted by molar-refractivity contribution is -0.151. The Morgan fingerprint density at radius 3 is 2.38 bits per heavy atom. The monoisotopic (exact) mass is 416 g/mol. The van der Waals surface area contributed by atoms with Crippen molar-refractivity contribution in [3.8, 4) is 5.75 Å². The van der Waals surface area contributed by atoms with Crippen LogP contribution in [0.3, 0.4) is 0 Å². The van der Waals surface area contributed by atoms with Crippen molar-refractivity contribution < 1.29 is 24.2 Å². The molecule has 1 aliphatic heterocycles. The zero-order valence-electron chi connectivity index (χ0n) is 16.3. The van der Waals surface area contributed by atoms with Gasteiger partial charge in [-0.2, -0.15) is 5.01 Å². The summed E-state index contributed by atoms with van der Waals surface area (Å²) < 4.78 is 10.5. The molecular weight excluding hydrogens is 396 g/mol. The first-order valence-electron chi connectivity index (χ1n) is 8.87. The van der Waals surface area contributed by atoms with Crippen molar-refractivity contribution in [1.29, 1.82) is 0 Å². The van der Waals surface area contributed by atoms with Crippen molar-refractivity contribution >= 4 is 29.0 Å². The van der Waals surface area contributed by atoms with Gasteiger partial charge < -0.3 is 14.6 Å². The highest BCUT2D eigenvalue weighted by Crippen LogP contribution is 2.37. The number of benzene rings is 2. The fraction of sp³-hybridized carbons (Fsp3) is 0.238. The fourth-order valence-corrected chi connectivity index (χ4v) is 3.37. The maximum absolute atomic E-state index is 13.1. The van der Waals surface area contributed by atoms with E-state index in [0.29, 0.717) is 16.5 Å². The van der Waals surface area contributed by atoms with Crippen LogP contribution in [0.1, 0.15) is 12.5 Å². The predicted octanol–water partition coefficient (Wildman–Crippen LogP) is 3.49. The second-order valence-electron chi connectivity index (χ2n) is 6.48. The van der Waals surface area contributed by atoms with Crippen molar-refractivity contribution in [1.82, 2.24) is 5.01 Å². The molecule has 1 heterocycles. The maximum atomic E-state index is 13.1. The molecule has 3 rings (SSSR count). The molecule has 2 aromatic carbocycles. The Kier molecular flexibility index (Phi) is 6.10. The first kappa shape index (κ1) is 20.7. The van der Waals surface area contributed by atoms with Crippen LogP contribution in [0, 0.1) is 0 Å². The van der Waals surface area contributed by atoms with Crippen LogP contribution >= 0.6 is 11.6 Å². The molecule has 7 nitrogen and oxygen atoms in total. The van der Waals surface area contributed by atoms with Crippen LogP contribution in [0.25, 0.3) is 0 Å². The molecule has 29 heavy (non-hydrogen) atoms. The number of hydrogen-bond acceptors (Lipinski definition) is 7. The Hall–Kier alpha value is -3.03. The number of rotatable bonds is 6. The van der Waals surface area contributed by atoms with Gasteiger partial charge in [-0.25, -0.2) is 5.01 Å². The average molecular weight is 417 g/mol. The van der Waals surface area contributed by atoms with Crippen LogP contribution in [0.2, 0.25) is 5.02 Å². The molecule has 0 bridgehead atoms. The summed E-state index contributed by atoms with van der Waals surface area (Å²) in [4.78, 5) is 24.7. The number of ketones is 1. The van der Waals surface area contributed by atoms with Crippen LogP contribution in [0.4, 0.5) is 5.69 Å². The van der Waals surface area contributed by atoms with Crippen molar-refractivity contribution in [3.63, 3.8) is 0 Å². The number of aliphatic hydroxyl groups excluding tert-OH is 1. The maximum Gasteiger partial charge on any atom is 0.304 e. The molecule has 1 unspecified atom stereocenters. The summed E-state index contributed by atoms with van der Waals surface area (Å²) in [5.41, 5.74) is 1.17. The summed E-state index contributed by atoms with van der Waals surface area (Å²) in [7, 11) is 3.16. The molecule has 0 amide bonds. The van der Waals surface area contributed by atoms with E-state index >= 15 is 0 Å². The van der Waals surface area contributed by atoms with Gasteiger partial charge in [0.25, 0.3) is 0 Å². The number of anilines is 1. The fourth-order valence-electron chi connectivity index (χ4n) is 3.15. The second kappa shape index (κ2) is 8.55. The van der Waals surface area contributed by atoms with Crippen LogP contribution in [0.15, 0.2) is 60.0 Å². The van der Waals surface area contributed by atoms with Gasteiger partial charge in [-0.3, -0.25) is 9.59 Å². The Morgan fingerprint density at radius 1 is 1.14 bits per heavy atom. The number of methoxy groups -OCH3 is 1. The van der Waals surface area contributed by atoms with Crippen molar-refractivity contribution in [2.45, 2.75) is 19.6 Å². The molecule has 0 fully saturated rings. The number of nitrogens with zero attached hydrogens (tertiary/aromatic N) is 2. The van der Waals surface area contributed by atoms with Crippen LogP contribution in [-0.2, 0) is 20.7 Å². The van der Waals surface area contributed by atoms with E-state index < -0.39 is 12.2 Å². The lowest BCUT2D eigenvalue weighted by atomic mass is 10.0. The molecule has 0 spiro atoms. The summed E-state index contributed by atoms with van der Waals surface area (Å²) >= 11 is 6.27. The van der Waals surface area contributed by atoms with Crippen molar-refractivity contribution in [2.24, 2.45) is 0 Å². The van der Waals surface area contributed by atoms with E-state index in [1.807, 2.05) is 0 Å². The summed E-state index contributed by atoms with van der Waals surface area (Å²) in [6, 6.07) is 13.9. The molecule has 1 N–H and O–H groups in total. The minimum absolute atomic E-state index is 0.0153. The third-order valence-electron chi connectivity index (χ3n) is 4.53. The molecule has 1 aliphatic rings. The molecule has 0 aliphatic carbocycles. The Balaban J connectivity index is 1.97. The average Bonchev–Trinajstić information content (AvgIpc) is 2.92. The number of ether oxygens (including phenoxy) is 2. The lowest BCUT2D eigenvalue weighted by Gasteiger charge is -2.30. The van der Waals surface area contributed by atoms with Gasteiger partial charge >= 0.3 is 5.97 Å². The molecule has 0 saturated carbocycles. The van der Waals surface area contributed by atoms with Gasteiger partial charge in [0, 0.05) is 20.4 Å². The zero-order chi connectivity index (χ0) is 21.1. The number of para-hydroxylation sites is 1. The predicted molar refractivity (Wildman–Crippen MR) is 109 cm³/mol. The summed E-state index contributed by atoms with van der Waals surface area (Å²) in [6.07, 6.45) is -1.06. The zero-order valence-corrected chi connectivity index (χ0v) is 17.0. The number of halogens is 1. The number of hydrogen-bond donors (Lipinski definition) is 1. The highest BCUT2D eigenvalue weighted by Gasteiger charge is 2.43. The normalized spacial score (nSPS) is 16.8. The topological polar surface area (TPSA) is 79.3 Å². The molecule has 2 aromatic rings. The number of likely N-dealkylation sites (N-methyl/N-ethyl adjacent to an activating group) is 1. The van der Waals surface area contributed by atoms with E-state index in [1.54, 1.807) is 62.7 Å². The van der Waals surface area contributed by atoms with Gasteiger partial charge in [0.15, 0.2) is 5.78 Å². The van der Waals surface area contributed by atoms with Crippen LogP contribution < -0.4 is 9.75 Å². The minimum atomic E-state index is -1.07. The summed E-state index contributed by atoms with van der Waals surface area (Å²) in [5, 5.41) is 14.1. The number of esters is 1. The van der Waals surface area contributed by atoms with Gasteiger partial charge in [0.05, 0.1) is 17.8 Å². The molecular formula is C21H21ClN2O5. The molecule has 0 radical (unpaired) electrons. The Labute approximate surface area is 173 Å². The molecule has 0 aromatic heterocycles. The van der Waals surface area contributed by atoms with E-state index in [0.717, 1.165) is 5.56 Å². The van der Waals surface area contributed by atoms with Gasteiger partial charge in [0.1, 0.15) is 11.3 Å². The lowest BCUT2D eigenvalue weighted by Crippen LogP contribution is -2.42. The highest BCUT2D eigenvalue weighted by molar-refractivity contribution is 6.33. The van der Waals surface area contributed by atoms with Crippen molar-refractivity contribution in [3.05, 3.63) is 70.6 Å². The number of carbonyl (C=O) groups is 2. The minimum Gasteiger partial charge on any atom is -0.497 e. The number of carbonyl (C=O) groups excluding carboxylic acids is 2. The van der Waals surface area contributed by atoms with Crippen LogP contribution in [0.5, 0.6) is 5.75 Å². The summed E-state index contributed by atoms with van der Waals surface area (Å²) in [5.74, 6) is -0.609. The SMILES string of the molecule is COc1ccc(CC(=O)C2=C(O)N(c3ccccc3Cl)N(C)C2OC(C)=O)cc1. The largest absolute Gasteiger partial charge is 0.497 e. The third kappa shape index (κ3) is 4.21. The number of aliphatic hydroxyl groups is 1. The van der Waals surface area contributed by atoms with E-state index in [4.69, 9.17) is 21.1 Å². The Morgan fingerprint density at radius 2 is 1.79 bits per heavy atom. The molecule has 0 saturated heterocycles. The van der Waals surface area contributed by atoms with Gasteiger partial charge in [-0.1, -0.05) is 35.9 Å². The molecule has 152 valence electrons. The number of hydrazine groups is 1. The molecule has 8 heteroatoms. The first-order chi connectivity index (χ1) is 13.8. The van der Waals surface area contributed by atoms with Gasteiger partial charge in [0.2, 0.25) is 12.1 Å². The van der Waals surface area contributed by atoms with Crippen LogP contribution in [-0.4, -0.2) is 42.3 Å². The smallest absolute Gasteiger partial charge is 0.304 e. The highest BCUT2D eigenvalue weighted by atomic mass is 35.5. The summed E-state index contributed by atoms with van der Waals surface area (Å²) in [6.45, 7) is 1.24. The van der Waals surface area contributed by atoms with E-state index in [2.05, 4.69) is 0 Å². The van der Waals surface area contributed by atoms with Gasteiger partial charge in [-0.15, -0.1) is 0 Å². The van der Waals surface area contributed by atoms with E-state index in [-0.39, 0.29) is 23.7 Å². The molecule has 1 atom stereocenters. The number of Topliss-reactive ketones (excluding diaryl/α,β-unsaturated/α-hetero) is 1. The van der Waals surface area contributed by atoms with E-state index in [1.165, 1.54) is 16.9 Å². The third-order valence-corrected chi connectivity index (χ3v) is 4.85. The standard InChI is InChI=1S/C21H21ClN2O5/c1-13(25)29-21-19(18(26)12-14-8-10-15(28-3)11-9-14)20(27)24(23(21)2)17-7-5-4-6-16(17)22/h4-11,21,27H,12H2,1-3H3. The Bertz CT molecular complexity index is 958. The van der Waals surface area contributed by atoms with E-state index in [9.17, 15) is 14.7 Å².